The molecule has 1 N–H and O–H groups in total. The zero-order valence-electron chi connectivity index (χ0n) is 15.7. The van der Waals surface area contributed by atoms with Crippen LogP contribution in [0.25, 0.3) is 0 Å². The van der Waals surface area contributed by atoms with Crippen LogP contribution in [0, 0.1) is 6.92 Å². The Labute approximate surface area is 178 Å². The van der Waals surface area contributed by atoms with Gasteiger partial charge in [0.25, 0.3) is 0 Å². The summed E-state index contributed by atoms with van der Waals surface area (Å²) in [6.45, 7) is 2.08. The zero-order valence-corrected chi connectivity index (χ0v) is 17.3. The lowest BCUT2D eigenvalue weighted by Gasteiger charge is -2.10. The van der Waals surface area contributed by atoms with Crippen LogP contribution < -0.4 is 5.32 Å². The number of aromatic nitrogens is 1. The lowest BCUT2D eigenvalue weighted by atomic mass is 10.2. The number of pyridine rings is 1. The van der Waals surface area contributed by atoms with E-state index in [1.807, 2.05) is 37.3 Å². The number of thioether (sulfide) groups is 1. The monoisotopic (exact) mass is 426 g/mol. The van der Waals surface area contributed by atoms with Crippen LogP contribution in [0.15, 0.2) is 71.8 Å². The lowest BCUT2D eigenvalue weighted by Crippen LogP contribution is -2.14. The number of hydrogen-bond acceptors (Lipinski definition) is 5. The van der Waals surface area contributed by atoms with Gasteiger partial charge in [0.2, 0.25) is 5.91 Å². The van der Waals surface area contributed by atoms with Gasteiger partial charge in [0.15, 0.2) is 0 Å². The molecule has 0 saturated heterocycles. The van der Waals surface area contributed by atoms with Gasteiger partial charge >= 0.3 is 5.97 Å². The van der Waals surface area contributed by atoms with Crippen molar-refractivity contribution in [2.45, 2.75) is 18.4 Å². The minimum absolute atomic E-state index is 0.0932. The number of benzene rings is 2. The molecule has 0 aliphatic carbocycles. The van der Waals surface area contributed by atoms with Gasteiger partial charge in [-0.2, -0.15) is 0 Å². The van der Waals surface area contributed by atoms with Gasteiger partial charge < -0.3 is 10.1 Å². The van der Waals surface area contributed by atoms with E-state index in [0.717, 1.165) is 16.8 Å². The molecule has 0 spiro atoms. The first-order chi connectivity index (χ1) is 14.0. The fraction of sp³-hybridized carbons (Fsp3) is 0.136. The van der Waals surface area contributed by atoms with Gasteiger partial charge in [-0.15, -0.1) is 11.8 Å². The Morgan fingerprint density at radius 2 is 1.83 bits per heavy atom. The molecule has 7 heteroatoms. The second-order valence-corrected chi connectivity index (χ2v) is 7.67. The Bertz CT molecular complexity index is 992. The van der Waals surface area contributed by atoms with Crippen LogP contribution in [0.2, 0.25) is 5.15 Å². The number of carbonyl (C=O) groups excluding carboxylic acids is 2. The third-order valence-electron chi connectivity index (χ3n) is 3.96. The number of aryl methyl sites for hydroxylation is 1. The molecule has 148 valence electrons. The molecule has 0 atom stereocenters. The van der Waals surface area contributed by atoms with Crippen LogP contribution in [0.3, 0.4) is 0 Å². The van der Waals surface area contributed by atoms with Crippen molar-refractivity contribution in [3.63, 3.8) is 0 Å². The molecular weight excluding hydrogens is 408 g/mol. The minimum atomic E-state index is -0.456. The maximum atomic E-state index is 12.5. The highest BCUT2D eigenvalue weighted by Crippen LogP contribution is 2.24. The highest BCUT2D eigenvalue weighted by molar-refractivity contribution is 8.00. The van der Waals surface area contributed by atoms with Gasteiger partial charge in [-0.1, -0.05) is 47.5 Å². The second kappa shape index (κ2) is 10.1. The first-order valence-electron chi connectivity index (χ1n) is 8.87. The van der Waals surface area contributed by atoms with Crippen molar-refractivity contribution < 1.29 is 14.3 Å². The highest BCUT2D eigenvalue weighted by Gasteiger charge is 2.14. The van der Waals surface area contributed by atoms with Crippen molar-refractivity contribution in [1.29, 1.82) is 0 Å². The van der Waals surface area contributed by atoms with Crippen molar-refractivity contribution in [1.82, 2.24) is 4.98 Å². The smallest absolute Gasteiger partial charge is 0.339 e. The summed E-state index contributed by atoms with van der Waals surface area (Å²) >= 11 is 7.04. The fourth-order valence-corrected chi connectivity index (χ4v) is 3.41. The molecule has 1 heterocycles. The molecule has 5 nitrogen and oxygen atoms in total. The topological polar surface area (TPSA) is 68.3 Å². The molecule has 3 aromatic rings. The predicted octanol–water partition coefficient (Wildman–Crippen LogP) is 5.13. The van der Waals surface area contributed by atoms with Crippen LogP contribution in [0.4, 0.5) is 5.69 Å². The summed E-state index contributed by atoms with van der Waals surface area (Å²) in [5.41, 5.74) is 3.03. The van der Waals surface area contributed by atoms with Crippen molar-refractivity contribution in [3.8, 4) is 0 Å². The molecule has 3 rings (SSSR count). The van der Waals surface area contributed by atoms with E-state index in [9.17, 15) is 9.59 Å². The number of carbonyl (C=O) groups is 2. The number of rotatable bonds is 7. The summed E-state index contributed by atoms with van der Waals surface area (Å²) in [7, 11) is 0. The number of nitrogens with one attached hydrogen (secondary N) is 1. The summed E-state index contributed by atoms with van der Waals surface area (Å²) in [4.78, 5) is 29.4. The molecule has 1 aromatic heterocycles. The number of halogens is 1. The Balaban J connectivity index is 1.57. The number of esters is 1. The molecule has 0 aliphatic rings. The highest BCUT2D eigenvalue weighted by atomic mass is 35.5. The molecule has 29 heavy (non-hydrogen) atoms. The first kappa shape index (κ1) is 20.9. The molecule has 0 bridgehead atoms. The Hall–Kier alpha value is -2.83. The van der Waals surface area contributed by atoms with E-state index in [1.165, 1.54) is 11.8 Å². The van der Waals surface area contributed by atoms with Gasteiger partial charge in [-0.25, -0.2) is 9.78 Å². The van der Waals surface area contributed by atoms with E-state index in [2.05, 4.69) is 10.3 Å². The zero-order chi connectivity index (χ0) is 20.6. The Morgan fingerprint density at radius 1 is 1.07 bits per heavy atom. The summed E-state index contributed by atoms with van der Waals surface area (Å²) in [5.74, 6) is -0.421. The van der Waals surface area contributed by atoms with Crippen molar-refractivity contribution in [2.24, 2.45) is 0 Å². The largest absolute Gasteiger partial charge is 0.457 e. The molecule has 0 saturated carbocycles. The SMILES string of the molecule is Cc1ccc(NC(=O)CSc2ccccc2C(=O)OCc2ccc(Cl)nc2)cc1. The number of ether oxygens (including phenoxy) is 1. The minimum Gasteiger partial charge on any atom is -0.457 e. The Morgan fingerprint density at radius 3 is 2.55 bits per heavy atom. The number of anilines is 1. The van der Waals surface area contributed by atoms with Crippen LogP contribution in [0.5, 0.6) is 0 Å². The first-order valence-corrected chi connectivity index (χ1v) is 10.2. The fourth-order valence-electron chi connectivity index (χ4n) is 2.46. The van der Waals surface area contributed by atoms with Crippen molar-refractivity contribution in [3.05, 3.63) is 88.7 Å². The van der Waals surface area contributed by atoms with E-state index in [4.69, 9.17) is 16.3 Å². The summed E-state index contributed by atoms with van der Waals surface area (Å²) in [5, 5.41) is 3.23. The number of amides is 1. The summed E-state index contributed by atoms with van der Waals surface area (Å²) in [6, 6.07) is 18.0. The van der Waals surface area contributed by atoms with Crippen LogP contribution in [0.1, 0.15) is 21.5 Å². The van der Waals surface area contributed by atoms with Gasteiger partial charge in [-0.05, 0) is 37.3 Å². The second-order valence-electron chi connectivity index (χ2n) is 6.26. The van der Waals surface area contributed by atoms with Gasteiger partial charge in [-0.3, -0.25) is 4.79 Å². The standard InChI is InChI=1S/C22H19ClN2O3S/c1-15-6-9-17(10-7-15)25-21(26)14-29-19-5-3-2-4-18(19)22(27)28-13-16-8-11-20(23)24-12-16/h2-12H,13-14H2,1H3,(H,25,26). The third kappa shape index (κ3) is 6.34. The predicted molar refractivity (Wildman–Crippen MR) is 115 cm³/mol. The third-order valence-corrected chi connectivity index (χ3v) is 5.26. The van der Waals surface area contributed by atoms with E-state index >= 15 is 0 Å². The summed E-state index contributed by atoms with van der Waals surface area (Å²) < 4.78 is 5.37. The summed E-state index contributed by atoms with van der Waals surface area (Å²) in [6.07, 6.45) is 1.56. The van der Waals surface area contributed by atoms with Gasteiger partial charge in [0, 0.05) is 22.3 Å². The van der Waals surface area contributed by atoms with Crippen LogP contribution >= 0.6 is 23.4 Å². The van der Waals surface area contributed by atoms with E-state index in [1.54, 1.807) is 36.5 Å². The Kier molecular flexibility index (Phi) is 7.27. The lowest BCUT2D eigenvalue weighted by molar-refractivity contribution is -0.113. The average molecular weight is 427 g/mol. The maximum Gasteiger partial charge on any atom is 0.339 e. The number of hydrogen-bond donors (Lipinski definition) is 1. The van der Waals surface area contributed by atoms with E-state index in [-0.39, 0.29) is 18.3 Å². The quantitative estimate of drug-likeness (QED) is 0.322. The van der Waals surface area contributed by atoms with E-state index in [0.29, 0.717) is 15.6 Å². The molecule has 2 aromatic carbocycles. The maximum absolute atomic E-state index is 12.5. The van der Waals surface area contributed by atoms with Crippen LogP contribution in [-0.2, 0) is 16.1 Å². The molecule has 0 fully saturated rings. The van der Waals surface area contributed by atoms with Gasteiger partial charge in [0.05, 0.1) is 11.3 Å². The average Bonchev–Trinajstić information content (AvgIpc) is 2.73. The molecular formula is C22H19ClN2O3S. The van der Waals surface area contributed by atoms with Crippen molar-refractivity contribution >= 4 is 40.9 Å². The molecule has 0 aliphatic heterocycles. The number of nitrogens with zero attached hydrogens (tertiary/aromatic N) is 1. The molecule has 0 radical (unpaired) electrons. The van der Waals surface area contributed by atoms with Crippen molar-refractivity contribution in [2.75, 3.05) is 11.1 Å². The molecule has 1 amide bonds. The molecule has 0 unspecified atom stereocenters. The van der Waals surface area contributed by atoms with E-state index < -0.39 is 5.97 Å². The normalized spacial score (nSPS) is 10.4. The van der Waals surface area contributed by atoms with Crippen LogP contribution in [-0.4, -0.2) is 22.6 Å². The van der Waals surface area contributed by atoms with Gasteiger partial charge in [0.1, 0.15) is 11.8 Å².